The molecule has 1 aromatic carbocycles. The minimum Gasteiger partial charge on any atom is -0.479 e. The third-order valence-electron chi connectivity index (χ3n) is 3.61. The Kier molecular flexibility index (Phi) is 6.10. The highest BCUT2D eigenvalue weighted by Crippen LogP contribution is 2.24. The number of carbonyl (C=O) groups is 2. The Bertz CT molecular complexity index is 559. The van der Waals surface area contributed by atoms with Crippen molar-refractivity contribution in [1.82, 2.24) is 9.80 Å². The maximum atomic E-state index is 12.4. The van der Waals surface area contributed by atoms with Crippen LogP contribution >= 0.6 is 11.6 Å². The molecule has 0 saturated carbocycles. The van der Waals surface area contributed by atoms with Crippen LogP contribution in [0.1, 0.15) is 13.8 Å². The van der Waals surface area contributed by atoms with Gasteiger partial charge in [0.15, 0.2) is 6.10 Å². The van der Waals surface area contributed by atoms with Gasteiger partial charge in [0.05, 0.1) is 11.6 Å². The summed E-state index contributed by atoms with van der Waals surface area (Å²) in [5.41, 5.74) is 0. The second-order valence-electron chi connectivity index (χ2n) is 5.20. The fourth-order valence-electron chi connectivity index (χ4n) is 2.36. The highest BCUT2D eigenvalue weighted by atomic mass is 35.5. The van der Waals surface area contributed by atoms with E-state index in [2.05, 4.69) is 0 Å². The van der Waals surface area contributed by atoms with E-state index < -0.39 is 6.10 Å². The average molecular weight is 341 g/mol. The number of amides is 2. The minimum absolute atomic E-state index is 0.117. The van der Waals surface area contributed by atoms with Crippen LogP contribution in [0.4, 0.5) is 4.79 Å². The lowest BCUT2D eigenvalue weighted by atomic mass is 10.2. The zero-order chi connectivity index (χ0) is 16.8. The highest BCUT2D eigenvalue weighted by Gasteiger charge is 2.28. The zero-order valence-electron chi connectivity index (χ0n) is 13.3. The summed E-state index contributed by atoms with van der Waals surface area (Å²) in [6.07, 6.45) is -0.969. The van der Waals surface area contributed by atoms with Gasteiger partial charge >= 0.3 is 6.09 Å². The van der Waals surface area contributed by atoms with E-state index in [4.69, 9.17) is 21.1 Å². The van der Waals surface area contributed by atoms with Crippen LogP contribution in [0.15, 0.2) is 24.3 Å². The first-order chi connectivity index (χ1) is 11.0. The third-order valence-corrected chi connectivity index (χ3v) is 3.92. The van der Waals surface area contributed by atoms with Crippen molar-refractivity contribution < 1.29 is 19.1 Å². The molecule has 1 saturated heterocycles. The van der Waals surface area contributed by atoms with Gasteiger partial charge in [-0.25, -0.2) is 4.79 Å². The summed E-state index contributed by atoms with van der Waals surface area (Å²) < 4.78 is 10.6. The van der Waals surface area contributed by atoms with Crippen LogP contribution in [0.5, 0.6) is 5.75 Å². The van der Waals surface area contributed by atoms with E-state index >= 15 is 0 Å². The number of halogens is 1. The molecule has 126 valence electrons. The number of para-hydroxylation sites is 1. The van der Waals surface area contributed by atoms with E-state index in [1.165, 1.54) is 0 Å². The number of hydrogen-bond acceptors (Lipinski definition) is 4. The average Bonchev–Trinajstić information content (AvgIpc) is 2.56. The van der Waals surface area contributed by atoms with Crippen molar-refractivity contribution in [2.24, 2.45) is 0 Å². The Hall–Kier alpha value is -1.95. The van der Waals surface area contributed by atoms with E-state index in [0.29, 0.717) is 43.6 Å². The van der Waals surface area contributed by atoms with Crippen LogP contribution in [-0.2, 0) is 9.53 Å². The molecule has 23 heavy (non-hydrogen) atoms. The lowest BCUT2D eigenvalue weighted by Crippen LogP contribution is -2.53. The molecule has 1 heterocycles. The molecule has 1 aromatic rings. The summed E-state index contributed by atoms with van der Waals surface area (Å²) in [5.74, 6) is 0.369. The first-order valence-electron chi connectivity index (χ1n) is 7.64. The van der Waals surface area contributed by atoms with Crippen LogP contribution in [0.2, 0.25) is 5.02 Å². The largest absolute Gasteiger partial charge is 0.479 e. The van der Waals surface area contributed by atoms with Gasteiger partial charge in [0.2, 0.25) is 0 Å². The Morgan fingerprint density at radius 2 is 1.78 bits per heavy atom. The summed E-state index contributed by atoms with van der Waals surface area (Å²) in [7, 11) is 0. The molecule has 0 radical (unpaired) electrons. The molecule has 1 aliphatic heterocycles. The summed E-state index contributed by atoms with van der Waals surface area (Å²) >= 11 is 6.03. The van der Waals surface area contributed by atoms with Gasteiger partial charge in [-0.05, 0) is 26.0 Å². The number of benzene rings is 1. The van der Waals surface area contributed by atoms with Gasteiger partial charge < -0.3 is 19.3 Å². The van der Waals surface area contributed by atoms with Crippen molar-refractivity contribution in [2.45, 2.75) is 20.0 Å². The quantitative estimate of drug-likeness (QED) is 0.844. The van der Waals surface area contributed by atoms with Crippen molar-refractivity contribution in [3.05, 3.63) is 29.3 Å². The second-order valence-corrected chi connectivity index (χ2v) is 5.61. The molecule has 7 heteroatoms. The molecule has 6 nitrogen and oxygen atoms in total. The van der Waals surface area contributed by atoms with E-state index in [9.17, 15) is 9.59 Å². The van der Waals surface area contributed by atoms with Crippen molar-refractivity contribution in [2.75, 3.05) is 32.8 Å². The molecular weight excluding hydrogens is 320 g/mol. The SMILES string of the molecule is CCOC(=O)N1CCN(C(=O)[C@H](C)Oc2ccccc2Cl)CC1. The molecule has 0 aliphatic carbocycles. The lowest BCUT2D eigenvalue weighted by molar-refractivity contribution is -0.139. The molecule has 0 N–H and O–H groups in total. The van der Waals surface area contributed by atoms with Gasteiger partial charge in [0, 0.05) is 26.2 Å². The molecular formula is C16H21ClN2O4. The van der Waals surface area contributed by atoms with E-state index in [1.54, 1.807) is 47.9 Å². The number of carbonyl (C=O) groups excluding carboxylic acids is 2. The molecule has 0 spiro atoms. The minimum atomic E-state index is -0.635. The molecule has 1 fully saturated rings. The van der Waals surface area contributed by atoms with Crippen molar-refractivity contribution in [3.63, 3.8) is 0 Å². The molecule has 0 aromatic heterocycles. The number of ether oxygens (including phenoxy) is 2. The molecule has 2 rings (SSSR count). The van der Waals surface area contributed by atoms with Crippen LogP contribution in [0.3, 0.4) is 0 Å². The second kappa shape index (κ2) is 8.06. The molecule has 1 atom stereocenters. The Morgan fingerprint density at radius 3 is 2.39 bits per heavy atom. The highest BCUT2D eigenvalue weighted by molar-refractivity contribution is 6.32. The van der Waals surface area contributed by atoms with Crippen LogP contribution in [-0.4, -0.2) is 60.7 Å². The molecule has 0 bridgehead atoms. The van der Waals surface area contributed by atoms with E-state index in [0.717, 1.165) is 0 Å². The van der Waals surface area contributed by atoms with Crippen LogP contribution in [0.25, 0.3) is 0 Å². The van der Waals surface area contributed by atoms with E-state index in [-0.39, 0.29) is 12.0 Å². The molecule has 0 unspecified atom stereocenters. The summed E-state index contributed by atoms with van der Waals surface area (Å²) in [6, 6.07) is 7.05. The number of rotatable bonds is 4. The van der Waals surface area contributed by atoms with Gasteiger partial charge in [-0.15, -0.1) is 0 Å². The van der Waals surface area contributed by atoms with Crippen molar-refractivity contribution in [1.29, 1.82) is 0 Å². The first kappa shape index (κ1) is 17.4. The number of nitrogens with zero attached hydrogens (tertiary/aromatic N) is 2. The van der Waals surface area contributed by atoms with Crippen LogP contribution in [0, 0.1) is 0 Å². The van der Waals surface area contributed by atoms with E-state index in [1.807, 2.05) is 0 Å². The predicted molar refractivity (Wildman–Crippen MR) is 86.7 cm³/mol. The normalized spacial score (nSPS) is 16.0. The predicted octanol–water partition coefficient (Wildman–Crippen LogP) is 2.41. The monoisotopic (exact) mass is 340 g/mol. The topological polar surface area (TPSA) is 59.1 Å². The summed E-state index contributed by atoms with van der Waals surface area (Å²) in [4.78, 5) is 27.4. The van der Waals surface area contributed by atoms with Gasteiger partial charge in [-0.2, -0.15) is 0 Å². The summed E-state index contributed by atoms with van der Waals surface area (Å²) in [5, 5.41) is 0.472. The molecule has 1 aliphatic rings. The van der Waals surface area contributed by atoms with Gasteiger partial charge in [-0.1, -0.05) is 23.7 Å². The van der Waals surface area contributed by atoms with Crippen molar-refractivity contribution >= 4 is 23.6 Å². The Labute approximate surface area is 140 Å². The maximum Gasteiger partial charge on any atom is 0.409 e. The number of piperazine rings is 1. The zero-order valence-corrected chi connectivity index (χ0v) is 14.1. The Morgan fingerprint density at radius 1 is 1.17 bits per heavy atom. The first-order valence-corrected chi connectivity index (χ1v) is 8.02. The van der Waals surface area contributed by atoms with Crippen molar-refractivity contribution in [3.8, 4) is 5.75 Å². The fraction of sp³-hybridized carbons (Fsp3) is 0.500. The smallest absolute Gasteiger partial charge is 0.409 e. The Balaban J connectivity index is 1.87. The van der Waals surface area contributed by atoms with Gasteiger partial charge in [0.1, 0.15) is 5.75 Å². The maximum absolute atomic E-state index is 12.4. The van der Waals surface area contributed by atoms with Gasteiger partial charge in [-0.3, -0.25) is 4.79 Å². The fourth-order valence-corrected chi connectivity index (χ4v) is 2.54. The molecule has 2 amide bonds. The summed E-state index contributed by atoms with van der Waals surface area (Å²) in [6.45, 7) is 5.67. The van der Waals surface area contributed by atoms with Crippen LogP contribution < -0.4 is 4.74 Å². The van der Waals surface area contributed by atoms with Gasteiger partial charge in [0.25, 0.3) is 5.91 Å². The number of hydrogen-bond donors (Lipinski definition) is 0. The lowest BCUT2D eigenvalue weighted by Gasteiger charge is -2.35. The third kappa shape index (κ3) is 4.51. The standard InChI is InChI=1S/C16H21ClN2O4/c1-3-22-16(21)19-10-8-18(9-11-19)15(20)12(2)23-14-7-5-4-6-13(14)17/h4-7,12H,3,8-11H2,1-2H3/t12-/m0/s1.